The van der Waals surface area contributed by atoms with Crippen molar-refractivity contribution in [3.63, 3.8) is 0 Å². The van der Waals surface area contributed by atoms with Gasteiger partial charge in [-0.15, -0.1) is 11.3 Å². The molecule has 0 atom stereocenters. The Hall–Kier alpha value is -1.55. The highest BCUT2D eigenvalue weighted by Crippen LogP contribution is 2.27. The van der Waals surface area contributed by atoms with Crippen molar-refractivity contribution in [2.45, 2.75) is 6.92 Å². The first-order valence-corrected chi connectivity index (χ1v) is 5.01. The number of nitrogens with zero attached hydrogens (tertiary/aromatic N) is 2. The summed E-state index contributed by atoms with van der Waals surface area (Å²) in [4.78, 5) is 20.1. The Morgan fingerprint density at radius 3 is 2.93 bits per heavy atom. The highest BCUT2D eigenvalue weighted by molar-refractivity contribution is 7.13. The summed E-state index contributed by atoms with van der Waals surface area (Å²) >= 11 is 1.50. The van der Waals surface area contributed by atoms with Crippen molar-refractivity contribution in [1.82, 2.24) is 9.97 Å². The summed E-state index contributed by atoms with van der Waals surface area (Å²) in [6.07, 6.45) is 2.50. The third kappa shape index (κ3) is 1.44. The predicted molar refractivity (Wildman–Crippen MR) is 55.5 cm³/mol. The van der Waals surface area contributed by atoms with Gasteiger partial charge in [0.2, 0.25) is 0 Å². The minimum atomic E-state index is 0.611. The molecule has 0 aliphatic carbocycles. The number of rotatable bonds is 2. The summed E-state index contributed by atoms with van der Waals surface area (Å²) in [5, 5.41) is 0. The van der Waals surface area contributed by atoms with Crippen LogP contribution in [0, 0.1) is 6.92 Å². The van der Waals surface area contributed by atoms with Gasteiger partial charge in [0, 0.05) is 11.8 Å². The molecule has 0 aliphatic heterocycles. The average molecular weight is 204 g/mol. The third-order valence-electron chi connectivity index (χ3n) is 1.93. The van der Waals surface area contributed by atoms with Gasteiger partial charge in [-0.1, -0.05) is 0 Å². The van der Waals surface area contributed by atoms with E-state index < -0.39 is 0 Å². The molecule has 0 aromatic carbocycles. The zero-order valence-corrected chi connectivity index (χ0v) is 8.41. The molecular weight excluding hydrogens is 196 g/mol. The van der Waals surface area contributed by atoms with Gasteiger partial charge < -0.3 is 0 Å². The highest BCUT2D eigenvalue weighted by atomic mass is 32.1. The maximum Gasteiger partial charge on any atom is 0.152 e. The Balaban J connectivity index is 2.62. The number of carbonyl (C=O) groups is 1. The molecule has 4 heteroatoms. The fraction of sp³-hybridized carbons (Fsp3) is 0.100. The summed E-state index contributed by atoms with van der Waals surface area (Å²) < 4.78 is 0. The largest absolute Gasteiger partial charge is 0.298 e. The predicted octanol–water partition coefficient (Wildman–Crippen LogP) is 2.33. The maximum absolute atomic E-state index is 10.8. The van der Waals surface area contributed by atoms with Crippen LogP contribution in [0.4, 0.5) is 0 Å². The first-order valence-electron chi connectivity index (χ1n) is 4.13. The van der Waals surface area contributed by atoms with E-state index in [0.717, 1.165) is 22.6 Å². The Bertz CT molecular complexity index is 465. The van der Waals surface area contributed by atoms with Crippen LogP contribution >= 0.6 is 11.3 Å². The smallest absolute Gasteiger partial charge is 0.152 e. The molecule has 2 heterocycles. The number of aryl methyl sites for hydroxylation is 1. The second-order valence-electron chi connectivity index (χ2n) is 2.83. The van der Waals surface area contributed by atoms with Gasteiger partial charge in [0.1, 0.15) is 0 Å². The van der Waals surface area contributed by atoms with Gasteiger partial charge in [-0.2, -0.15) is 0 Å². The van der Waals surface area contributed by atoms with Gasteiger partial charge in [0.25, 0.3) is 0 Å². The van der Waals surface area contributed by atoms with E-state index in [2.05, 4.69) is 9.97 Å². The fourth-order valence-electron chi connectivity index (χ4n) is 1.23. The Morgan fingerprint density at radius 1 is 1.43 bits per heavy atom. The molecule has 0 aliphatic rings. The number of pyridine rings is 1. The molecule has 0 saturated heterocycles. The van der Waals surface area contributed by atoms with Crippen LogP contribution in [-0.2, 0) is 0 Å². The van der Waals surface area contributed by atoms with Crippen molar-refractivity contribution in [3.8, 4) is 10.6 Å². The van der Waals surface area contributed by atoms with Crippen molar-refractivity contribution >= 4 is 17.6 Å². The molecule has 3 nitrogen and oxygen atoms in total. The van der Waals surface area contributed by atoms with E-state index in [1.165, 1.54) is 11.3 Å². The highest BCUT2D eigenvalue weighted by Gasteiger charge is 2.09. The molecule has 0 spiro atoms. The summed E-state index contributed by atoms with van der Waals surface area (Å²) in [6, 6.07) is 3.51. The lowest BCUT2D eigenvalue weighted by molar-refractivity contribution is 0.112. The van der Waals surface area contributed by atoms with Crippen LogP contribution in [0.5, 0.6) is 0 Å². The van der Waals surface area contributed by atoms with Crippen LogP contribution in [0.2, 0.25) is 0 Å². The van der Waals surface area contributed by atoms with Gasteiger partial charge in [0.15, 0.2) is 6.29 Å². The number of thiazole rings is 1. The Labute approximate surface area is 85.5 Å². The Kier molecular flexibility index (Phi) is 2.37. The molecule has 0 saturated carbocycles. The molecule has 2 aromatic rings. The summed E-state index contributed by atoms with van der Waals surface area (Å²) in [7, 11) is 0. The molecule has 2 rings (SSSR count). The summed E-state index contributed by atoms with van der Waals surface area (Å²) in [5.41, 5.74) is 4.01. The van der Waals surface area contributed by atoms with E-state index in [9.17, 15) is 4.79 Å². The standard InChI is InChI=1S/C10H8N2OS/c1-7-10(14-6-12-7)9-8(5-13)3-2-4-11-9/h2-6H,1H3. The lowest BCUT2D eigenvalue weighted by Gasteiger charge is -2.00. The number of aromatic nitrogens is 2. The first-order chi connectivity index (χ1) is 6.83. The minimum Gasteiger partial charge on any atom is -0.298 e. The van der Waals surface area contributed by atoms with E-state index >= 15 is 0 Å². The molecule has 70 valence electrons. The van der Waals surface area contributed by atoms with E-state index in [1.807, 2.05) is 6.92 Å². The zero-order chi connectivity index (χ0) is 9.97. The van der Waals surface area contributed by atoms with Gasteiger partial charge >= 0.3 is 0 Å². The van der Waals surface area contributed by atoms with Crippen LogP contribution in [0.15, 0.2) is 23.8 Å². The first kappa shape index (κ1) is 9.02. The van der Waals surface area contributed by atoms with E-state index in [0.29, 0.717) is 5.56 Å². The third-order valence-corrected chi connectivity index (χ3v) is 2.86. The number of aldehydes is 1. The molecule has 0 fully saturated rings. The molecule has 14 heavy (non-hydrogen) atoms. The van der Waals surface area contributed by atoms with E-state index in [-0.39, 0.29) is 0 Å². The van der Waals surface area contributed by atoms with Crippen molar-refractivity contribution in [2.24, 2.45) is 0 Å². The van der Waals surface area contributed by atoms with Crippen molar-refractivity contribution in [1.29, 1.82) is 0 Å². The zero-order valence-electron chi connectivity index (χ0n) is 7.60. The van der Waals surface area contributed by atoms with Gasteiger partial charge in [-0.25, -0.2) is 4.98 Å². The number of hydrogen-bond acceptors (Lipinski definition) is 4. The van der Waals surface area contributed by atoms with Crippen LogP contribution in [0.1, 0.15) is 16.1 Å². The number of carbonyl (C=O) groups excluding carboxylic acids is 1. The van der Waals surface area contributed by atoms with Gasteiger partial charge in [-0.05, 0) is 19.1 Å². The Morgan fingerprint density at radius 2 is 2.29 bits per heavy atom. The lowest BCUT2D eigenvalue weighted by Crippen LogP contribution is -1.90. The van der Waals surface area contributed by atoms with E-state index in [4.69, 9.17) is 0 Å². The maximum atomic E-state index is 10.8. The van der Waals surface area contributed by atoms with E-state index in [1.54, 1.807) is 23.8 Å². The quantitative estimate of drug-likeness (QED) is 0.705. The summed E-state index contributed by atoms with van der Waals surface area (Å²) in [5.74, 6) is 0. The molecule has 2 aromatic heterocycles. The molecule has 0 amide bonds. The van der Waals surface area contributed by atoms with Crippen LogP contribution in [0.25, 0.3) is 10.6 Å². The monoisotopic (exact) mass is 204 g/mol. The molecule has 0 unspecified atom stereocenters. The molecule has 0 radical (unpaired) electrons. The topological polar surface area (TPSA) is 42.9 Å². The van der Waals surface area contributed by atoms with Crippen molar-refractivity contribution in [3.05, 3.63) is 35.1 Å². The SMILES string of the molecule is Cc1ncsc1-c1ncccc1C=O. The second-order valence-corrected chi connectivity index (χ2v) is 3.68. The molecule has 0 N–H and O–H groups in total. The average Bonchev–Trinajstić information content (AvgIpc) is 2.64. The molecular formula is C10H8N2OS. The van der Waals surface area contributed by atoms with Gasteiger partial charge in [0.05, 0.1) is 21.8 Å². The normalized spacial score (nSPS) is 10.1. The van der Waals surface area contributed by atoms with Crippen LogP contribution in [0.3, 0.4) is 0 Å². The summed E-state index contributed by atoms with van der Waals surface area (Å²) in [6.45, 7) is 1.91. The fourth-order valence-corrected chi connectivity index (χ4v) is 2.05. The van der Waals surface area contributed by atoms with Crippen LogP contribution in [-0.4, -0.2) is 16.3 Å². The second kappa shape index (κ2) is 3.67. The number of hydrogen-bond donors (Lipinski definition) is 0. The van der Waals surface area contributed by atoms with Crippen molar-refractivity contribution < 1.29 is 4.79 Å². The molecule has 0 bridgehead atoms. The lowest BCUT2D eigenvalue weighted by atomic mass is 10.2. The minimum absolute atomic E-state index is 0.611. The van der Waals surface area contributed by atoms with Gasteiger partial charge in [-0.3, -0.25) is 9.78 Å². The van der Waals surface area contributed by atoms with Crippen LogP contribution < -0.4 is 0 Å². The van der Waals surface area contributed by atoms with Crippen molar-refractivity contribution in [2.75, 3.05) is 0 Å².